The third-order valence-electron chi connectivity index (χ3n) is 3.12. The second-order valence-corrected chi connectivity index (χ2v) is 4.57. The van der Waals surface area contributed by atoms with E-state index < -0.39 is 6.29 Å². The average molecular weight is 261 g/mol. The number of carbonyl (C=O) groups excluding carboxylic acids is 1. The zero-order valence-corrected chi connectivity index (χ0v) is 10.9. The minimum atomic E-state index is -0.454. The largest absolute Gasteiger partial charge is 0.453 e. The summed E-state index contributed by atoms with van der Waals surface area (Å²) in [6.07, 6.45) is 3.06. The molecule has 2 rings (SSSR count). The summed E-state index contributed by atoms with van der Waals surface area (Å²) in [7, 11) is 1.38. The maximum atomic E-state index is 11.1. The van der Waals surface area contributed by atoms with Gasteiger partial charge in [0.15, 0.2) is 6.29 Å². The molecule has 0 spiro atoms. The van der Waals surface area contributed by atoms with Crippen molar-refractivity contribution < 1.29 is 24.5 Å². The van der Waals surface area contributed by atoms with Gasteiger partial charge in [-0.05, 0) is 25.2 Å². The van der Waals surface area contributed by atoms with E-state index >= 15 is 0 Å². The van der Waals surface area contributed by atoms with Crippen LogP contribution in [0.4, 0.5) is 4.79 Å². The molecule has 2 N–H and O–H groups in total. The molecule has 0 radical (unpaired) electrons. The van der Waals surface area contributed by atoms with Crippen LogP contribution in [-0.4, -0.2) is 60.9 Å². The molecule has 2 heterocycles. The van der Waals surface area contributed by atoms with Gasteiger partial charge in [0.2, 0.25) is 0 Å². The summed E-state index contributed by atoms with van der Waals surface area (Å²) in [5, 5.41) is 17.4. The molecular weight excluding hydrogens is 238 g/mol. The minimum absolute atomic E-state index is 0.160. The second-order valence-electron chi connectivity index (χ2n) is 4.57. The van der Waals surface area contributed by atoms with Crippen LogP contribution in [0.25, 0.3) is 0 Å². The number of hydrogen-bond donors (Lipinski definition) is 2. The van der Waals surface area contributed by atoms with Crippen LogP contribution in [-0.2, 0) is 9.47 Å². The van der Waals surface area contributed by atoms with Crippen LogP contribution < -0.4 is 0 Å². The number of carbonyl (C=O) groups is 1. The quantitative estimate of drug-likeness (QED) is 0.721. The van der Waals surface area contributed by atoms with Crippen LogP contribution in [0.1, 0.15) is 25.7 Å². The summed E-state index contributed by atoms with van der Waals surface area (Å²) in [6.45, 7) is 2.28. The SMILES string of the molecule is COC(=O)N1CCCC(CO)C1.OC1CCCO1. The van der Waals surface area contributed by atoms with Crippen molar-refractivity contribution in [3.63, 3.8) is 0 Å². The van der Waals surface area contributed by atoms with Gasteiger partial charge in [-0.3, -0.25) is 0 Å². The number of nitrogens with zero attached hydrogens (tertiary/aromatic N) is 1. The first-order chi connectivity index (χ1) is 8.67. The molecule has 6 nitrogen and oxygen atoms in total. The molecule has 18 heavy (non-hydrogen) atoms. The van der Waals surface area contributed by atoms with Gasteiger partial charge in [0.25, 0.3) is 0 Å². The lowest BCUT2D eigenvalue weighted by atomic mass is 10.00. The van der Waals surface area contributed by atoms with E-state index in [9.17, 15) is 4.79 Å². The minimum Gasteiger partial charge on any atom is -0.453 e. The van der Waals surface area contributed by atoms with Crippen molar-refractivity contribution in [1.82, 2.24) is 4.90 Å². The lowest BCUT2D eigenvalue weighted by molar-refractivity contribution is -0.0589. The highest BCUT2D eigenvalue weighted by molar-refractivity contribution is 5.67. The van der Waals surface area contributed by atoms with Crippen LogP contribution in [0.5, 0.6) is 0 Å². The number of hydrogen-bond acceptors (Lipinski definition) is 5. The molecule has 106 valence electrons. The average Bonchev–Trinajstić information content (AvgIpc) is 2.89. The first-order valence-electron chi connectivity index (χ1n) is 6.40. The van der Waals surface area contributed by atoms with Gasteiger partial charge in [-0.25, -0.2) is 4.79 Å². The smallest absolute Gasteiger partial charge is 0.409 e. The monoisotopic (exact) mass is 261 g/mol. The molecule has 0 aromatic carbocycles. The molecule has 2 fully saturated rings. The Kier molecular flexibility index (Phi) is 7.00. The number of ether oxygens (including phenoxy) is 2. The van der Waals surface area contributed by atoms with Crippen molar-refractivity contribution >= 4 is 6.09 Å². The topological polar surface area (TPSA) is 79.2 Å². The summed E-state index contributed by atoms with van der Waals surface area (Å²) < 4.78 is 9.30. The lowest BCUT2D eigenvalue weighted by Crippen LogP contribution is -2.40. The maximum absolute atomic E-state index is 11.1. The fourth-order valence-electron chi connectivity index (χ4n) is 2.07. The summed E-state index contributed by atoms with van der Waals surface area (Å²) in [5.74, 6) is 0.234. The van der Waals surface area contributed by atoms with Crippen LogP contribution >= 0.6 is 0 Å². The molecule has 2 aliphatic heterocycles. The van der Waals surface area contributed by atoms with Crippen molar-refractivity contribution in [2.24, 2.45) is 5.92 Å². The summed E-state index contributed by atoms with van der Waals surface area (Å²) in [6, 6.07) is 0. The van der Waals surface area contributed by atoms with E-state index in [1.54, 1.807) is 4.90 Å². The Hall–Kier alpha value is -0.850. The molecule has 2 saturated heterocycles. The van der Waals surface area contributed by atoms with Crippen LogP contribution in [0.2, 0.25) is 0 Å². The first-order valence-corrected chi connectivity index (χ1v) is 6.40. The van der Waals surface area contributed by atoms with E-state index in [4.69, 9.17) is 14.9 Å². The van der Waals surface area contributed by atoms with Crippen molar-refractivity contribution in [1.29, 1.82) is 0 Å². The van der Waals surface area contributed by atoms with E-state index in [2.05, 4.69) is 4.74 Å². The molecule has 0 aliphatic carbocycles. The van der Waals surface area contributed by atoms with E-state index in [1.807, 2.05) is 0 Å². The fourth-order valence-corrected chi connectivity index (χ4v) is 2.07. The molecule has 0 saturated carbocycles. The number of amides is 1. The van der Waals surface area contributed by atoms with E-state index in [-0.39, 0.29) is 18.6 Å². The molecule has 0 bridgehead atoms. The summed E-state index contributed by atoms with van der Waals surface area (Å²) >= 11 is 0. The zero-order valence-electron chi connectivity index (χ0n) is 10.9. The highest BCUT2D eigenvalue weighted by Crippen LogP contribution is 2.15. The Morgan fingerprint density at radius 1 is 1.44 bits per heavy atom. The molecule has 1 amide bonds. The number of aliphatic hydroxyl groups excluding tert-OH is 2. The predicted octanol–water partition coefficient (Wildman–Crippen LogP) is 0.572. The second kappa shape index (κ2) is 8.29. The standard InChI is InChI=1S/C8H15NO3.C4H8O2/c1-12-8(11)9-4-2-3-7(5-9)6-10;5-4-2-1-3-6-4/h7,10H,2-6H2,1H3;4-5H,1-3H2. The van der Waals surface area contributed by atoms with Gasteiger partial charge in [0.1, 0.15) is 0 Å². The molecule has 2 atom stereocenters. The maximum Gasteiger partial charge on any atom is 0.409 e. The number of piperidine rings is 1. The molecule has 2 aliphatic rings. The lowest BCUT2D eigenvalue weighted by Gasteiger charge is -2.30. The third-order valence-corrected chi connectivity index (χ3v) is 3.12. The third kappa shape index (κ3) is 5.20. The van der Waals surface area contributed by atoms with Crippen molar-refractivity contribution in [2.45, 2.75) is 32.0 Å². The molecule has 0 aromatic rings. The van der Waals surface area contributed by atoms with Crippen LogP contribution in [0.3, 0.4) is 0 Å². The van der Waals surface area contributed by atoms with Gasteiger partial charge in [-0.15, -0.1) is 0 Å². The normalized spacial score (nSPS) is 27.4. The van der Waals surface area contributed by atoms with Gasteiger partial charge in [0.05, 0.1) is 7.11 Å². The Morgan fingerprint density at radius 3 is 2.67 bits per heavy atom. The first kappa shape index (κ1) is 15.2. The van der Waals surface area contributed by atoms with Gasteiger partial charge in [0, 0.05) is 32.7 Å². The van der Waals surface area contributed by atoms with E-state index in [1.165, 1.54) is 7.11 Å². The van der Waals surface area contributed by atoms with Crippen LogP contribution in [0.15, 0.2) is 0 Å². The Balaban J connectivity index is 0.000000225. The fraction of sp³-hybridized carbons (Fsp3) is 0.917. The van der Waals surface area contributed by atoms with Gasteiger partial charge in [-0.1, -0.05) is 0 Å². The number of rotatable bonds is 1. The number of likely N-dealkylation sites (tertiary alicyclic amines) is 1. The number of aliphatic hydroxyl groups is 2. The zero-order chi connectivity index (χ0) is 13.4. The van der Waals surface area contributed by atoms with E-state index in [0.29, 0.717) is 6.54 Å². The Morgan fingerprint density at radius 2 is 2.22 bits per heavy atom. The molecule has 6 heteroatoms. The van der Waals surface area contributed by atoms with Gasteiger partial charge >= 0.3 is 6.09 Å². The Bertz CT molecular complexity index is 243. The number of methoxy groups -OCH3 is 1. The molecule has 2 unspecified atom stereocenters. The van der Waals surface area contributed by atoms with Crippen molar-refractivity contribution in [3.8, 4) is 0 Å². The summed E-state index contributed by atoms with van der Waals surface area (Å²) in [5.41, 5.74) is 0. The van der Waals surface area contributed by atoms with Crippen molar-refractivity contribution in [2.75, 3.05) is 33.4 Å². The van der Waals surface area contributed by atoms with Gasteiger partial charge < -0.3 is 24.6 Å². The highest BCUT2D eigenvalue weighted by atomic mass is 16.6. The van der Waals surface area contributed by atoms with Gasteiger partial charge in [-0.2, -0.15) is 0 Å². The molecular formula is C12H23NO5. The highest BCUT2D eigenvalue weighted by Gasteiger charge is 2.23. The molecule has 0 aromatic heterocycles. The van der Waals surface area contributed by atoms with E-state index in [0.717, 1.165) is 38.8 Å². The van der Waals surface area contributed by atoms with Crippen LogP contribution in [0, 0.1) is 5.92 Å². The summed E-state index contributed by atoms with van der Waals surface area (Å²) in [4.78, 5) is 12.7. The van der Waals surface area contributed by atoms with Crippen molar-refractivity contribution in [3.05, 3.63) is 0 Å². The Labute approximate surface area is 107 Å². The predicted molar refractivity (Wildman–Crippen MR) is 65.0 cm³/mol.